The lowest BCUT2D eigenvalue weighted by Gasteiger charge is -2.11. The number of hydrogen-bond donors (Lipinski definition) is 1. The van der Waals surface area contributed by atoms with Gasteiger partial charge in [0.25, 0.3) is 0 Å². The molecule has 2 N–H and O–H groups in total. The quantitative estimate of drug-likeness (QED) is 0.621. The summed E-state index contributed by atoms with van der Waals surface area (Å²) >= 11 is 0. The van der Waals surface area contributed by atoms with E-state index in [1.54, 1.807) is 0 Å². The molecule has 0 radical (unpaired) electrons. The molecule has 0 bridgehead atoms. The zero-order valence-electron chi connectivity index (χ0n) is 8.35. The molecule has 56 valence electrons. The maximum absolute atomic E-state index is 7.55. The summed E-state index contributed by atoms with van der Waals surface area (Å²) in [6, 6.07) is -0.535. The van der Waals surface area contributed by atoms with Crippen molar-refractivity contribution >= 4 is 0 Å². The van der Waals surface area contributed by atoms with E-state index in [1.165, 1.54) is 7.11 Å². The van der Waals surface area contributed by atoms with Crippen LogP contribution in [0.1, 0.15) is 23.0 Å². The number of hydrogen-bond acceptors (Lipinski definition) is 2. The summed E-state index contributed by atoms with van der Waals surface area (Å²) in [5, 5.41) is 0. The van der Waals surface area contributed by atoms with Gasteiger partial charge in [-0.3, -0.25) is 0 Å². The summed E-state index contributed by atoms with van der Waals surface area (Å²) in [6.07, 6.45) is -1.34. The highest BCUT2D eigenvalue weighted by Crippen LogP contribution is 2.01. The Kier molecular flexibility index (Phi) is 3.01. The van der Waals surface area contributed by atoms with Crippen LogP contribution in [-0.2, 0) is 4.74 Å². The van der Waals surface area contributed by atoms with Crippen molar-refractivity contribution in [2.75, 3.05) is 13.7 Å². The van der Waals surface area contributed by atoms with Crippen molar-refractivity contribution in [3.8, 4) is 0 Å². The third kappa shape index (κ3) is 5.80. The molecule has 0 aliphatic heterocycles. The number of ether oxygens (including phenoxy) is 1. The average Bonchev–Trinajstić information content (AvgIpc) is 1.88. The van der Waals surface area contributed by atoms with E-state index in [-0.39, 0.29) is 12.5 Å². The highest BCUT2D eigenvalue weighted by atomic mass is 16.5. The van der Waals surface area contributed by atoms with Gasteiger partial charge in [0.05, 0.1) is 6.61 Å². The van der Waals surface area contributed by atoms with Crippen molar-refractivity contribution in [2.45, 2.75) is 26.3 Å². The van der Waals surface area contributed by atoms with E-state index in [2.05, 4.69) is 0 Å². The Morgan fingerprint density at radius 3 is 2.56 bits per heavy atom. The van der Waals surface area contributed by atoms with Crippen LogP contribution >= 0.6 is 0 Å². The van der Waals surface area contributed by atoms with Gasteiger partial charge in [-0.25, -0.2) is 0 Å². The van der Waals surface area contributed by atoms with Crippen LogP contribution < -0.4 is 5.73 Å². The van der Waals surface area contributed by atoms with Gasteiger partial charge in [0.1, 0.15) is 0 Å². The predicted molar refractivity (Wildman–Crippen MR) is 39.3 cm³/mol. The second-order valence-electron chi connectivity index (χ2n) is 2.38. The largest absolute Gasteiger partial charge is 0.383 e. The lowest BCUT2D eigenvalue weighted by atomic mass is 10.1. The lowest BCUT2D eigenvalue weighted by molar-refractivity contribution is 0.172. The maximum atomic E-state index is 7.55. The van der Waals surface area contributed by atoms with Crippen LogP contribution in [0.3, 0.4) is 0 Å². The van der Waals surface area contributed by atoms with E-state index >= 15 is 0 Å². The lowest BCUT2D eigenvalue weighted by Crippen LogP contribution is -2.27. The first-order valence-corrected chi connectivity index (χ1v) is 3.17. The second kappa shape index (κ2) is 4.77. The molecule has 0 aromatic heterocycles. The predicted octanol–water partition coefficient (Wildman–Crippen LogP) is 1.01. The molecule has 0 spiro atoms. The number of nitrogens with two attached hydrogens (primary N) is 1. The molecule has 0 aromatic rings. The van der Waals surface area contributed by atoms with Gasteiger partial charge in [-0.1, -0.05) is 13.8 Å². The van der Waals surface area contributed by atoms with Crippen molar-refractivity contribution in [1.29, 1.82) is 0 Å². The first-order chi connectivity index (χ1) is 4.92. The van der Waals surface area contributed by atoms with Crippen LogP contribution in [0.4, 0.5) is 0 Å². The molecule has 0 saturated heterocycles. The Morgan fingerprint density at radius 2 is 2.22 bits per heavy atom. The van der Waals surface area contributed by atoms with Crippen LogP contribution in [0.25, 0.3) is 0 Å². The molecular formula is C7H17NO. The molecule has 2 nitrogen and oxygen atoms in total. The Bertz CT molecular complexity index is 117. The summed E-state index contributed by atoms with van der Waals surface area (Å²) in [7, 11) is 1.52. The van der Waals surface area contributed by atoms with Gasteiger partial charge >= 0.3 is 0 Å². The minimum absolute atomic E-state index is 0.0763. The van der Waals surface area contributed by atoms with E-state index < -0.39 is 12.4 Å². The van der Waals surface area contributed by atoms with Crippen molar-refractivity contribution in [1.82, 2.24) is 0 Å². The van der Waals surface area contributed by atoms with E-state index in [4.69, 9.17) is 13.2 Å². The molecule has 0 aliphatic rings. The third-order valence-corrected chi connectivity index (χ3v) is 0.894. The zero-order valence-corrected chi connectivity index (χ0v) is 6.35. The third-order valence-electron chi connectivity index (χ3n) is 0.894. The first kappa shape index (κ1) is 5.69. The Hall–Kier alpha value is -0.0800. The second-order valence-corrected chi connectivity index (χ2v) is 2.38. The molecule has 9 heavy (non-hydrogen) atoms. The maximum Gasteiger partial charge on any atom is 0.0613 e. The molecule has 0 rings (SSSR count). The fourth-order valence-corrected chi connectivity index (χ4v) is 0.656. The Morgan fingerprint density at radius 1 is 1.67 bits per heavy atom. The molecule has 0 aromatic carbocycles. The molecule has 0 amide bonds. The van der Waals surface area contributed by atoms with Gasteiger partial charge in [-0.05, 0) is 12.3 Å². The molecular weight excluding hydrogens is 114 g/mol. The minimum atomic E-state index is -1.34. The fourth-order valence-electron chi connectivity index (χ4n) is 0.656. The molecule has 0 saturated carbocycles. The molecule has 0 heterocycles. The highest BCUT2D eigenvalue weighted by Gasteiger charge is 2.03. The van der Waals surface area contributed by atoms with Crippen LogP contribution in [0.2, 0.25) is 0 Å². The van der Waals surface area contributed by atoms with Gasteiger partial charge in [0, 0.05) is 15.9 Å². The topological polar surface area (TPSA) is 35.2 Å². The smallest absolute Gasteiger partial charge is 0.0613 e. The average molecular weight is 133 g/mol. The van der Waals surface area contributed by atoms with E-state index in [1.807, 2.05) is 13.8 Å². The highest BCUT2D eigenvalue weighted by molar-refractivity contribution is 4.61. The standard InChI is InChI=1S/C7H17NO/c1-6(2)4-7(8)5-9-3/h6-7H,4-5,8H2,1-3H3/t7-/m1/s1/i4D2. The van der Waals surface area contributed by atoms with Gasteiger partial charge in [-0.15, -0.1) is 0 Å². The number of rotatable bonds is 4. The number of methoxy groups -OCH3 is 1. The van der Waals surface area contributed by atoms with Crippen molar-refractivity contribution in [3.63, 3.8) is 0 Å². The van der Waals surface area contributed by atoms with Gasteiger partial charge in [0.15, 0.2) is 0 Å². The summed E-state index contributed by atoms with van der Waals surface area (Å²) in [4.78, 5) is 0. The van der Waals surface area contributed by atoms with Crippen molar-refractivity contribution in [3.05, 3.63) is 0 Å². The van der Waals surface area contributed by atoms with E-state index in [9.17, 15) is 0 Å². The molecule has 2 heteroatoms. The summed E-state index contributed by atoms with van der Waals surface area (Å²) in [5.41, 5.74) is 5.56. The monoisotopic (exact) mass is 133 g/mol. The summed E-state index contributed by atoms with van der Waals surface area (Å²) in [5.74, 6) is -0.0763. The minimum Gasteiger partial charge on any atom is -0.383 e. The normalized spacial score (nSPS) is 19.2. The van der Waals surface area contributed by atoms with Gasteiger partial charge < -0.3 is 10.5 Å². The molecule has 0 unspecified atom stereocenters. The van der Waals surface area contributed by atoms with Crippen molar-refractivity contribution < 1.29 is 7.48 Å². The van der Waals surface area contributed by atoms with Crippen LogP contribution in [0.15, 0.2) is 0 Å². The van der Waals surface area contributed by atoms with Crippen LogP contribution in [0.5, 0.6) is 0 Å². The Labute approximate surface area is 60.2 Å². The summed E-state index contributed by atoms with van der Waals surface area (Å²) in [6.45, 7) is 3.90. The zero-order chi connectivity index (χ0) is 9.07. The molecule has 0 aliphatic carbocycles. The fraction of sp³-hybridized carbons (Fsp3) is 1.00. The van der Waals surface area contributed by atoms with Gasteiger partial charge in [-0.2, -0.15) is 0 Å². The van der Waals surface area contributed by atoms with Gasteiger partial charge in [0.2, 0.25) is 0 Å². The SMILES string of the molecule is [2H]C([2H])(C(C)C)[C@@H](N)COC. The van der Waals surface area contributed by atoms with Crippen molar-refractivity contribution in [2.24, 2.45) is 11.7 Å². The summed E-state index contributed by atoms with van der Waals surface area (Å²) < 4.78 is 19.9. The first-order valence-electron chi connectivity index (χ1n) is 4.17. The van der Waals surface area contributed by atoms with Crippen LogP contribution in [0, 0.1) is 5.92 Å². The molecule has 1 atom stereocenters. The van der Waals surface area contributed by atoms with Crippen LogP contribution in [-0.4, -0.2) is 19.8 Å². The Balaban J connectivity index is 4.05. The van der Waals surface area contributed by atoms with E-state index in [0.29, 0.717) is 0 Å². The molecule has 0 fully saturated rings. The van der Waals surface area contributed by atoms with E-state index in [0.717, 1.165) is 0 Å².